The van der Waals surface area contributed by atoms with Gasteiger partial charge in [-0.05, 0) is 26.0 Å². The summed E-state index contributed by atoms with van der Waals surface area (Å²) in [5, 5.41) is 9.88. The molecule has 2 heterocycles. The first-order chi connectivity index (χ1) is 15.2. The third-order valence-corrected chi connectivity index (χ3v) is 5.22. The Morgan fingerprint density at radius 2 is 1.39 bits per heavy atom. The molecule has 0 aliphatic carbocycles. The van der Waals surface area contributed by atoms with E-state index < -0.39 is 0 Å². The van der Waals surface area contributed by atoms with Gasteiger partial charge in [0, 0.05) is 22.7 Å². The Kier molecular flexibility index (Phi) is 4.84. The van der Waals surface area contributed by atoms with Crippen LogP contribution in [-0.2, 0) is 0 Å². The first-order valence-electron chi connectivity index (χ1n) is 10.2. The van der Waals surface area contributed by atoms with E-state index in [1.54, 1.807) is 6.20 Å². The van der Waals surface area contributed by atoms with Gasteiger partial charge in [0.2, 0.25) is 5.95 Å². The molecule has 0 amide bonds. The van der Waals surface area contributed by atoms with E-state index in [-0.39, 0.29) is 0 Å². The summed E-state index contributed by atoms with van der Waals surface area (Å²) in [6.07, 6.45) is 1.76. The molecule has 5 heteroatoms. The van der Waals surface area contributed by atoms with Crippen molar-refractivity contribution in [3.05, 3.63) is 96.2 Å². The molecule has 0 aliphatic heterocycles. The van der Waals surface area contributed by atoms with Gasteiger partial charge in [0.1, 0.15) is 5.69 Å². The summed E-state index contributed by atoms with van der Waals surface area (Å²) in [6.45, 7) is 4.16. The molecular formula is C26H21N5. The highest BCUT2D eigenvalue weighted by Gasteiger charge is 2.14. The minimum atomic E-state index is 0.457. The Bertz CT molecular complexity index is 1310. The number of hydrogen-bond acceptors (Lipinski definition) is 4. The van der Waals surface area contributed by atoms with Gasteiger partial charge < -0.3 is 4.98 Å². The number of aromatic nitrogens is 3. The molecule has 0 bridgehead atoms. The number of pyridine rings is 1. The van der Waals surface area contributed by atoms with Gasteiger partial charge >= 0.3 is 0 Å². The number of H-pyrrole nitrogens is 1. The van der Waals surface area contributed by atoms with Crippen LogP contribution in [0.3, 0.4) is 0 Å². The average Bonchev–Trinajstić information content (AvgIpc) is 3.23. The molecule has 0 fully saturated rings. The van der Waals surface area contributed by atoms with Gasteiger partial charge in [-0.15, -0.1) is 10.2 Å². The molecule has 0 saturated heterocycles. The molecule has 5 nitrogen and oxygen atoms in total. The summed E-state index contributed by atoms with van der Waals surface area (Å²) in [4.78, 5) is 12.6. The summed E-state index contributed by atoms with van der Waals surface area (Å²) in [7, 11) is 0. The molecule has 31 heavy (non-hydrogen) atoms. The lowest BCUT2D eigenvalue weighted by Gasteiger charge is -2.04. The molecule has 5 rings (SSSR count). The fraction of sp³-hybridized carbons (Fsp3) is 0.0769. The van der Waals surface area contributed by atoms with Crippen LogP contribution in [-0.4, -0.2) is 15.0 Å². The second kappa shape index (κ2) is 7.95. The van der Waals surface area contributed by atoms with Crippen molar-refractivity contribution in [2.24, 2.45) is 10.2 Å². The third kappa shape index (κ3) is 3.85. The fourth-order valence-corrected chi connectivity index (χ4v) is 3.53. The molecule has 3 aromatic carbocycles. The van der Waals surface area contributed by atoms with E-state index in [4.69, 9.17) is 4.98 Å². The van der Waals surface area contributed by atoms with E-state index in [9.17, 15) is 0 Å². The number of aromatic amines is 1. The Morgan fingerprint density at radius 3 is 2.13 bits per heavy atom. The number of hydrogen-bond donors (Lipinski definition) is 1. The largest absolute Gasteiger partial charge is 0.320 e. The van der Waals surface area contributed by atoms with Crippen LogP contribution in [0, 0.1) is 13.8 Å². The minimum absolute atomic E-state index is 0.457. The highest BCUT2D eigenvalue weighted by molar-refractivity contribution is 5.88. The topological polar surface area (TPSA) is 66.3 Å². The van der Waals surface area contributed by atoms with E-state index >= 15 is 0 Å². The average molecular weight is 403 g/mol. The van der Waals surface area contributed by atoms with Crippen molar-refractivity contribution >= 4 is 22.5 Å². The number of benzene rings is 3. The lowest BCUT2D eigenvalue weighted by atomic mass is 10.0. The zero-order valence-corrected chi connectivity index (χ0v) is 17.4. The van der Waals surface area contributed by atoms with Gasteiger partial charge in [0.15, 0.2) is 0 Å². The summed E-state index contributed by atoms with van der Waals surface area (Å²) in [6, 6.07) is 26.5. The second-order valence-electron chi connectivity index (χ2n) is 7.57. The number of fused-ring (bicyclic) bond motifs is 1. The molecule has 0 saturated carbocycles. The van der Waals surface area contributed by atoms with Gasteiger partial charge in [-0.3, -0.25) is 4.98 Å². The molecule has 0 unspecified atom stereocenters. The number of nitrogens with zero attached hydrogens (tertiary/aromatic N) is 4. The van der Waals surface area contributed by atoms with Crippen LogP contribution < -0.4 is 0 Å². The molecule has 0 aliphatic rings. The summed E-state index contributed by atoms with van der Waals surface area (Å²) >= 11 is 0. The third-order valence-electron chi connectivity index (χ3n) is 5.22. The maximum Gasteiger partial charge on any atom is 0.247 e. The van der Waals surface area contributed by atoms with Gasteiger partial charge in [0.05, 0.1) is 16.9 Å². The molecule has 1 N–H and O–H groups in total. The maximum atomic E-state index is 4.77. The molecular weight excluding hydrogens is 382 g/mol. The van der Waals surface area contributed by atoms with Crippen LogP contribution in [0.15, 0.2) is 95.3 Å². The molecule has 2 aromatic heterocycles. The lowest BCUT2D eigenvalue weighted by Crippen LogP contribution is -1.84. The number of rotatable bonds is 4. The normalized spacial score (nSPS) is 11.4. The molecule has 5 aromatic rings. The Morgan fingerprint density at radius 1 is 0.710 bits per heavy atom. The minimum Gasteiger partial charge on any atom is -0.320 e. The van der Waals surface area contributed by atoms with Crippen LogP contribution in [0.1, 0.15) is 11.1 Å². The standard InChI is InChI=1S/C26H21N5/c1-17-8-12-20(13-9-17)24-25(21-14-10-18(2)11-15-21)29-26(28-24)31-30-22-7-3-5-19-6-4-16-27-23(19)22/h3-16H,1-2H3,(H,28,29). The first-order valence-corrected chi connectivity index (χ1v) is 10.2. The zero-order valence-electron chi connectivity index (χ0n) is 17.4. The molecule has 0 atom stereocenters. The SMILES string of the molecule is Cc1ccc(-c2nc(N=Nc3cccc4cccnc34)[nH]c2-c2ccc(C)cc2)cc1. The van der Waals surface area contributed by atoms with E-state index in [2.05, 4.69) is 82.6 Å². The van der Waals surface area contributed by atoms with Gasteiger partial charge in [0.25, 0.3) is 0 Å². The smallest absolute Gasteiger partial charge is 0.247 e. The lowest BCUT2D eigenvalue weighted by molar-refractivity contribution is 1.13. The van der Waals surface area contributed by atoms with Gasteiger partial charge in [-0.25, -0.2) is 4.98 Å². The monoisotopic (exact) mass is 403 g/mol. The van der Waals surface area contributed by atoms with Crippen molar-refractivity contribution in [2.45, 2.75) is 13.8 Å². The van der Waals surface area contributed by atoms with Crippen LogP contribution in [0.25, 0.3) is 33.4 Å². The highest BCUT2D eigenvalue weighted by Crippen LogP contribution is 2.33. The van der Waals surface area contributed by atoms with Crippen LogP contribution >= 0.6 is 0 Å². The van der Waals surface area contributed by atoms with Crippen LogP contribution in [0.4, 0.5) is 11.6 Å². The first kappa shape index (κ1) is 18.9. The fourth-order valence-electron chi connectivity index (χ4n) is 3.53. The van der Waals surface area contributed by atoms with Crippen molar-refractivity contribution in [3.8, 4) is 22.5 Å². The van der Waals surface area contributed by atoms with Crippen LogP contribution in [0.2, 0.25) is 0 Å². The van der Waals surface area contributed by atoms with Crippen molar-refractivity contribution in [3.63, 3.8) is 0 Å². The summed E-state index contributed by atoms with van der Waals surface area (Å²) < 4.78 is 0. The predicted molar refractivity (Wildman–Crippen MR) is 125 cm³/mol. The Balaban J connectivity index is 1.59. The van der Waals surface area contributed by atoms with Crippen molar-refractivity contribution in [2.75, 3.05) is 0 Å². The predicted octanol–water partition coefficient (Wildman–Crippen LogP) is 7.32. The number of imidazole rings is 1. The van der Waals surface area contributed by atoms with Crippen molar-refractivity contribution < 1.29 is 0 Å². The van der Waals surface area contributed by atoms with Gasteiger partial charge in [-0.1, -0.05) is 77.9 Å². The van der Waals surface area contributed by atoms with Gasteiger partial charge in [-0.2, -0.15) is 0 Å². The van der Waals surface area contributed by atoms with Crippen molar-refractivity contribution in [1.29, 1.82) is 0 Å². The molecule has 150 valence electrons. The van der Waals surface area contributed by atoms with E-state index in [0.29, 0.717) is 11.6 Å². The summed E-state index contributed by atoms with van der Waals surface area (Å²) in [5.41, 5.74) is 7.82. The zero-order chi connectivity index (χ0) is 21.2. The molecule has 0 spiro atoms. The van der Waals surface area contributed by atoms with E-state index in [1.165, 1.54) is 11.1 Å². The maximum absolute atomic E-state index is 4.77. The quantitative estimate of drug-likeness (QED) is 0.319. The Hall–Kier alpha value is -4.12. The van der Waals surface area contributed by atoms with Crippen molar-refractivity contribution in [1.82, 2.24) is 15.0 Å². The second-order valence-corrected chi connectivity index (χ2v) is 7.57. The van der Waals surface area contributed by atoms with Crippen LogP contribution in [0.5, 0.6) is 0 Å². The number of aryl methyl sites for hydroxylation is 2. The van der Waals surface area contributed by atoms with E-state index in [1.807, 2.05) is 30.3 Å². The Labute approximate surface area is 180 Å². The molecule has 0 radical (unpaired) electrons. The number of azo groups is 1. The number of nitrogens with one attached hydrogen (secondary N) is 1. The summed E-state index contributed by atoms with van der Waals surface area (Å²) in [5.74, 6) is 0.457. The highest BCUT2D eigenvalue weighted by atomic mass is 15.2. The number of para-hydroxylation sites is 1. The van der Waals surface area contributed by atoms with E-state index in [0.717, 1.165) is 33.4 Å².